The lowest BCUT2D eigenvalue weighted by Gasteiger charge is -1.99. The molecule has 0 amide bonds. The molecule has 1 heterocycles. The van der Waals surface area contributed by atoms with E-state index < -0.39 is 0 Å². The van der Waals surface area contributed by atoms with Gasteiger partial charge in [-0.3, -0.25) is 0 Å². The second kappa shape index (κ2) is 3.25. The fraction of sp³-hybridized carbons (Fsp3) is 0.600. The summed E-state index contributed by atoms with van der Waals surface area (Å²) in [5, 5.41) is 8.80. The number of aromatic nitrogens is 3. The third-order valence-electron chi connectivity index (χ3n) is 1.03. The average Bonchev–Trinajstić information content (AvgIpc) is 2.34. The van der Waals surface area contributed by atoms with E-state index in [9.17, 15) is 0 Å². The molecule has 0 unspecified atom stereocenters. The predicted octanol–water partition coefficient (Wildman–Crippen LogP) is 2.10. The number of halogens is 1. The quantitative estimate of drug-likeness (QED) is 0.693. The summed E-state index contributed by atoms with van der Waals surface area (Å²) >= 11 is 0. The van der Waals surface area contributed by atoms with Crippen LogP contribution in [0.3, 0.4) is 0 Å². The van der Waals surface area contributed by atoms with Crippen molar-refractivity contribution in [3.8, 4) is 0 Å². The summed E-state index contributed by atoms with van der Waals surface area (Å²) in [5.41, 5.74) is 0. The van der Waals surface area contributed by atoms with Gasteiger partial charge < -0.3 is 0 Å². The van der Waals surface area contributed by atoms with Crippen LogP contribution in [0.25, 0.3) is 0 Å². The number of rotatable bonds is 2. The lowest BCUT2D eigenvalue weighted by molar-refractivity contribution is 0.460. The third-order valence-corrected chi connectivity index (χ3v) is 1.85. The molecule has 0 saturated carbocycles. The minimum atomic E-state index is 0.303. The first kappa shape index (κ1) is 7.88. The van der Waals surface area contributed by atoms with Crippen LogP contribution in [0.5, 0.6) is 0 Å². The standard InChI is InChI=1S/C5H8ClN3S/c1-4(2)9-7-3-5(8-9)10-6/h3-4H,1-2H3. The molecule has 0 aliphatic rings. The summed E-state index contributed by atoms with van der Waals surface area (Å²) in [6.07, 6.45) is 1.65. The molecule has 0 radical (unpaired) electrons. The van der Waals surface area contributed by atoms with E-state index in [0.29, 0.717) is 6.04 Å². The molecule has 56 valence electrons. The van der Waals surface area contributed by atoms with Crippen LogP contribution in [0.4, 0.5) is 0 Å². The van der Waals surface area contributed by atoms with Gasteiger partial charge in [0.05, 0.1) is 12.2 Å². The molecule has 0 aliphatic carbocycles. The van der Waals surface area contributed by atoms with Crippen LogP contribution in [-0.2, 0) is 0 Å². The van der Waals surface area contributed by atoms with Crippen molar-refractivity contribution in [3.05, 3.63) is 6.20 Å². The van der Waals surface area contributed by atoms with Crippen molar-refractivity contribution >= 4 is 21.7 Å². The highest BCUT2D eigenvalue weighted by atomic mass is 35.7. The van der Waals surface area contributed by atoms with Crippen molar-refractivity contribution in [1.82, 2.24) is 15.0 Å². The summed E-state index contributed by atoms with van der Waals surface area (Å²) in [7, 11) is 6.53. The Labute approximate surface area is 68.3 Å². The summed E-state index contributed by atoms with van der Waals surface area (Å²) in [4.78, 5) is 1.63. The van der Waals surface area contributed by atoms with Gasteiger partial charge in [0.2, 0.25) is 0 Å². The largest absolute Gasteiger partial charge is 0.181 e. The maximum absolute atomic E-state index is 5.45. The average molecular weight is 178 g/mol. The maximum atomic E-state index is 5.45. The maximum Gasteiger partial charge on any atom is 0.154 e. The van der Waals surface area contributed by atoms with E-state index in [1.165, 1.54) is 0 Å². The molecule has 5 heteroatoms. The molecule has 0 atom stereocenters. The van der Waals surface area contributed by atoms with Gasteiger partial charge in [-0.15, -0.1) is 5.10 Å². The lowest BCUT2D eigenvalue weighted by Crippen LogP contribution is -2.04. The zero-order valence-corrected chi connectivity index (χ0v) is 7.35. The fourth-order valence-corrected chi connectivity index (χ4v) is 0.959. The van der Waals surface area contributed by atoms with E-state index in [2.05, 4.69) is 10.2 Å². The van der Waals surface area contributed by atoms with Gasteiger partial charge in [0.25, 0.3) is 0 Å². The van der Waals surface area contributed by atoms with Crippen LogP contribution in [0, 0.1) is 0 Å². The van der Waals surface area contributed by atoms with Crippen LogP contribution < -0.4 is 0 Å². The molecule has 0 saturated heterocycles. The number of hydrogen-bond donors (Lipinski definition) is 0. The highest BCUT2D eigenvalue weighted by molar-refractivity contribution is 8.21. The fourth-order valence-electron chi connectivity index (χ4n) is 0.545. The molecule has 0 aliphatic heterocycles. The molecule has 0 N–H and O–H groups in total. The summed E-state index contributed by atoms with van der Waals surface area (Å²) in [5.74, 6) is 0. The Morgan fingerprint density at radius 3 is 2.70 bits per heavy atom. The van der Waals surface area contributed by atoms with E-state index in [4.69, 9.17) is 10.7 Å². The van der Waals surface area contributed by atoms with Crippen molar-refractivity contribution in [2.75, 3.05) is 0 Å². The number of hydrogen-bond acceptors (Lipinski definition) is 3. The first-order chi connectivity index (χ1) is 4.74. The summed E-state index contributed by atoms with van der Waals surface area (Å²) in [6, 6.07) is 0.303. The van der Waals surface area contributed by atoms with Gasteiger partial charge in [-0.2, -0.15) is 9.90 Å². The van der Waals surface area contributed by atoms with Crippen LogP contribution in [0.2, 0.25) is 0 Å². The van der Waals surface area contributed by atoms with Crippen LogP contribution in [0.15, 0.2) is 11.2 Å². The third kappa shape index (κ3) is 1.64. The van der Waals surface area contributed by atoms with Gasteiger partial charge in [0, 0.05) is 11.0 Å². The Hall–Kier alpha value is -0.220. The highest BCUT2D eigenvalue weighted by Crippen LogP contribution is 2.18. The second-order valence-electron chi connectivity index (χ2n) is 2.17. The molecular formula is C5H8ClN3S. The predicted molar refractivity (Wildman–Crippen MR) is 42.1 cm³/mol. The topological polar surface area (TPSA) is 30.7 Å². The smallest absolute Gasteiger partial charge is 0.154 e. The second-order valence-corrected chi connectivity index (χ2v) is 3.21. The van der Waals surface area contributed by atoms with Crippen LogP contribution in [-0.4, -0.2) is 15.0 Å². The summed E-state index contributed by atoms with van der Waals surface area (Å²) < 4.78 is 0. The lowest BCUT2D eigenvalue weighted by atomic mass is 10.4. The van der Waals surface area contributed by atoms with Crippen molar-refractivity contribution in [3.63, 3.8) is 0 Å². The van der Waals surface area contributed by atoms with Crippen LogP contribution in [0.1, 0.15) is 19.9 Å². The minimum Gasteiger partial charge on any atom is -0.181 e. The first-order valence-corrected chi connectivity index (χ1v) is 4.58. The van der Waals surface area contributed by atoms with Gasteiger partial charge in [-0.25, -0.2) is 0 Å². The van der Waals surface area contributed by atoms with Crippen molar-refractivity contribution in [1.29, 1.82) is 0 Å². The Morgan fingerprint density at radius 1 is 1.70 bits per heavy atom. The van der Waals surface area contributed by atoms with Crippen molar-refractivity contribution < 1.29 is 0 Å². The van der Waals surface area contributed by atoms with E-state index in [1.54, 1.807) is 11.0 Å². The Morgan fingerprint density at radius 2 is 2.40 bits per heavy atom. The SMILES string of the molecule is CC(C)n1ncc(SCl)n1. The minimum absolute atomic E-state index is 0.303. The Kier molecular flexibility index (Phi) is 2.56. The molecule has 0 spiro atoms. The van der Waals surface area contributed by atoms with Gasteiger partial charge >= 0.3 is 0 Å². The van der Waals surface area contributed by atoms with E-state index in [1.807, 2.05) is 13.8 Å². The number of nitrogens with zero attached hydrogens (tertiary/aromatic N) is 3. The molecule has 1 aromatic rings. The molecule has 10 heavy (non-hydrogen) atoms. The van der Waals surface area contributed by atoms with Gasteiger partial charge in [0.1, 0.15) is 0 Å². The molecular weight excluding hydrogens is 170 g/mol. The normalized spacial score (nSPS) is 10.8. The molecule has 0 fully saturated rings. The monoisotopic (exact) mass is 177 g/mol. The van der Waals surface area contributed by atoms with Gasteiger partial charge in [-0.05, 0) is 24.5 Å². The molecule has 0 bridgehead atoms. The van der Waals surface area contributed by atoms with Crippen molar-refractivity contribution in [2.45, 2.75) is 24.9 Å². The van der Waals surface area contributed by atoms with E-state index in [0.717, 1.165) is 16.0 Å². The first-order valence-electron chi connectivity index (χ1n) is 2.94. The zero-order valence-electron chi connectivity index (χ0n) is 5.78. The molecule has 3 nitrogen and oxygen atoms in total. The van der Waals surface area contributed by atoms with Crippen molar-refractivity contribution in [2.24, 2.45) is 0 Å². The van der Waals surface area contributed by atoms with Crippen LogP contribution >= 0.6 is 21.7 Å². The van der Waals surface area contributed by atoms with Gasteiger partial charge in [-0.1, -0.05) is 0 Å². The Bertz CT molecular complexity index is 210. The van der Waals surface area contributed by atoms with Gasteiger partial charge in [0.15, 0.2) is 5.03 Å². The van der Waals surface area contributed by atoms with E-state index >= 15 is 0 Å². The molecule has 1 aromatic heterocycles. The summed E-state index contributed by atoms with van der Waals surface area (Å²) in [6.45, 7) is 4.03. The van der Waals surface area contributed by atoms with E-state index in [-0.39, 0.29) is 0 Å². The zero-order chi connectivity index (χ0) is 7.56. The Balaban J connectivity index is 2.78. The molecule has 1 rings (SSSR count). The molecule has 0 aromatic carbocycles. The highest BCUT2D eigenvalue weighted by Gasteiger charge is 2.01.